The van der Waals surface area contributed by atoms with Crippen molar-refractivity contribution in [2.75, 3.05) is 26.5 Å². The molecule has 2 aromatic heterocycles. The number of para-hydroxylation sites is 1. The van der Waals surface area contributed by atoms with Crippen molar-refractivity contribution in [2.45, 2.75) is 37.9 Å². The Morgan fingerprint density at radius 3 is 2.66 bits per heavy atom. The molecule has 0 aliphatic rings. The molecule has 4 aromatic rings. The van der Waals surface area contributed by atoms with Crippen molar-refractivity contribution in [3.05, 3.63) is 58.4 Å². The molecule has 10 heteroatoms. The minimum atomic E-state index is -0.101. The third-order valence-corrected chi connectivity index (χ3v) is 6.66. The van der Waals surface area contributed by atoms with Crippen LogP contribution in [0.15, 0.2) is 52.4 Å². The first-order chi connectivity index (χ1) is 17.1. The van der Waals surface area contributed by atoms with Crippen LogP contribution < -0.4 is 20.3 Å². The third-order valence-electron chi connectivity index (χ3n) is 5.73. The lowest BCUT2D eigenvalue weighted by Gasteiger charge is -2.11. The summed E-state index contributed by atoms with van der Waals surface area (Å²) in [4.78, 5) is 25.6. The van der Waals surface area contributed by atoms with Crippen LogP contribution in [-0.2, 0) is 17.8 Å². The molecule has 1 N–H and O–H groups in total. The monoisotopic (exact) mass is 495 g/mol. The number of aromatic nitrogens is 4. The second-order valence-corrected chi connectivity index (χ2v) is 8.97. The molecule has 0 bridgehead atoms. The molecule has 0 spiro atoms. The van der Waals surface area contributed by atoms with Gasteiger partial charge in [-0.05, 0) is 42.7 Å². The number of aryl methyl sites for hydroxylation is 1. The highest BCUT2D eigenvalue weighted by Crippen LogP contribution is 2.27. The Labute approximate surface area is 207 Å². The van der Waals surface area contributed by atoms with Gasteiger partial charge in [0, 0.05) is 13.1 Å². The minimum absolute atomic E-state index is 0.0709. The van der Waals surface area contributed by atoms with Crippen LogP contribution in [0.1, 0.15) is 25.3 Å². The van der Waals surface area contributed by atoms with Gasteiger partial charge in [-0.25, -0.2) is 0 Å². The van der Waals surface area contributed by atoms with E-state index in [0.717, 1.165) is 23.9 Å². The number of carbonyl (C=O) groups is 1. The normalized spacial score (nSPS) is 11.2. The summed E-state index contributed by atoms with van der Waals surface area (Å²) in [6, 6.07) is 13.1. The highest BCUT2D eigenvalue weighted by Gasteiger charge is 2.17. The Hall–Kier alpha value is -3.53. The minimum Gasteiger partial charge on any atom is -0.493 e. The first-order valence-electron chi connectivity index (χ1n) is 11.5. The Kier molecular flexibility index (Phi) is 7.91. The number of carbonyl (C=O) groups excluding carboxylic acids is 1. The van der Waals surface area contributed by atoms with Gasteiger partial charge in [-0.2, -0.15) is 0 Å². The Bertz CT molecular complexity index is 1400. The van der Waals surface area contributed by atoms with Crippen molar-refractivity contribution < 1.29 is 14.3 Å². The second-order valence-electron chi connectivity index (χ2n) is 8.02. The Morgan fingerprint density at radius 2 is 1.89 bits per heavy atom. The largest absolute Gasteiger partial charge is 0.493 e. The maximum absolute atomic E-state index is 13.0. The lowest BCUT2D eigenvalue weighted by atomic mass is 10.1. The number of rotatable bonds is 11. The molecule has 0 saturated carbocycles. The van der Waals surface area contributed by atoms with Crippen molar-refractivity contribution in [1.82, 2.24) is 24.5 Å². The van der Waals surface area contributed by atoms with E-state index in [2.05, 4.69) is 22.4 Å². The summed E-state index contributed by atoms with van der Waals surface area (Å²) >= 11 is 1.30. The van der Waals surface area contributed by atoms with Crippen molar-refractivity contribution in [1.29, 1.82) is 0 Å². The zero-order valence-corrected chi connectivity index (χ0v) is 20.9. The summed E-state index contributed by atoms with van der Waals surface area (Å²) in [5.74, 6) is 1.92. The predicted octanol–water partition coefficient (Wildman–Crippen LogP) is 3.31. The zero-order chi connectivity index (χ0) is 24.8. The van der Waals surface area contributed by atoms with Gasteiger partial charge in [0.15, 0.2) is 16.7 Å². The summed E-state index contributed by atoms with van der Waals surface area (Å²) in [7, 11) is 3.20. The molecular formula is C25H29N5O4S. The third kappa shape index (κ3) is 5.27. The lowest BCUT2D eigenvalue weighted by Crippen LogP contribution is -2.27. The van der Waals surface area contributed by atoms with E-state index >= 15 is 0 Å². The van der Waals surface area contributed by atoms with E-state index in [4.69, 9.17) is 9.47 Å². The number of fused-ring (bicyclic) bond motifs is 3. The van der Waals surface area contributed by atoms with Crippen LogP contribution in [0.4, 0.5) is 0 Å². The van der Waals surface area contributed by atoms with Crippen molar-refractivity contribution in [3.63, 3.8) is 0 Å². The molecule has 9 nitrogen and oxygen atoms in total. The number of hydrogen-bond donors (Lipinski definition) is 1. The Morgan fingerprint density at radius 1 is 1.09 bits per heavy atom. The van der Waals surface area contributed by atoms with E-state index in [1.165, 1.54) is 11.8 Å². The van der Waals surface area contributed by atoms with Crippen LogP contribution in [0.3, 0.4) is 0 Å². The molecule has 4 rings (SSSR count). The fraction of sp³-hybridized carbons (Fsp3) is 0.360. The highest BCUT2D eigenvalue weighted by molar-refractivity contribution is 7.99. The van der Waals surface area contributed by atoms with Gasteiger partial charge in [0.25, 0.3) is 5.56 Å². The second kappa shape index (κ2) is 11.3. The average molecular weight is 496 g/mol. The van der Waals surface area contributed by atoms with Gasteiger partial charge in [0.2, 0.25) is 11.7 Å². The van der Waals surface area contributed by atoms with Crippen LogP contribution in [0.5, 0.6) is 11.5 Å². The van der Waals surface area contributed by atoms with Crippen molar-refractivity contribution in [3.8, 4) is 11.5 Å². The molecular weight excluding hydrogens is 466 g/mol. The average Bonchev–Trinajstić information content (AvgIpc) is 3.31. The fourth-order valence-corrected chi connectivity index (χ4v) is 4.68. The SMILES string of the molecule is CCCCn1c(=O)c2ccccc2n2c(SCC(=O)NCCc3ccc(OC)c(OC)c3)nnc12. The molecule has 2 aromatic carbocycles. The number of thioether (sulfide) groups is 1. The summed E-state index contributed by atoms with van der Waals surface area (Å²) in [6.07, 6.45) is 2.50. The van der Waals surface area contributed by atoms with E-state index in [9.17, 15) is 9.59 Å². The van der Waals surface area contributed by atoms with Gasteiger partial charge in [-0.15, -0.1) is 10.2 Å². The number of nitrogens with zero attached hydrogens (tertiary/aromatic N) is 4. The van der Waals surface area contributed by atoms with Crippen molar-refractivity contribution >= 4 is 34.3 Å². The molecule has 0 saturated heterocycles. The smallest absolute Gasteiger partial charge is 0.262 e. The first kappa shape index (κ1) is 24.6. The number of methoxy groups -OCH3 is 2. The van der Waals surface area contributed by atoms with Gasteiger partial charge in [0.1, 0.15) is 0 Å². The summed E-state index contributed by atoms with van der Waals surface area (Å²) in [5.41, 5.74) is 1.70. The molecule has 0 unspecified atom stereocenters. The fourth-order valence-electron chi connectivity index (χ4n) is 3.91. The van der Waals surface area contributed by atoms with E-state index in [1.54, 1.807) is 18.8 Å². The topological polar surface area (TPSA) is 99.8 Å². The quantitative estimate of drug-likeness (QED) is 0.319. The summed E-state index contributed by atoms with van der Waals surface area (Å²) in [5, 5.41) is 12.7. The maximum atomic E-state index is 13.0. The van der Waals surface area contributed by atoms with Gasteiger partial charge in [0.05, 0.1) is 30.9 Å². The number of ether oxygens (including phenoxy) is 2. The van der Waals surface area contributed by atoms with Crippen LogP contribution in [0, 0.1) is 0 Å². The van der Waals surface area contributed by atoms with E-state index in [-0.39, 0.29) is 17.2 Å². The Balaban J connectivity index is 1.45. The molecule has 1 amide bonds. The number of unbranched alkanes of at least 4 members (excludes halogenated alkanes) is 1. The number of amides is 1. The van der Waals surface area contributed by atoms with E-state index in [0.29, 0.717) is 47.3 Å². The first-order valence-corrected chi connectivity index (χ1v) is 12.5. The van der Waals surface area contributed by atoms with Crippen molar-refractivity contribution in [2.24, 2.45) is 0 Å². The highest BCUT2D eigenvalue weighted by atomic mass is 32.2. The predicted molar refractivity (Wildman–Crippen MR) is 137 cm³/mol. The van der Waals surface area contributed by atoms with Gasteiger partial charge >= 0.3 is 0 Å². The molecule has 0 atom stereocenters. The standard InChI is InChI=1S/C25H29N5O4S/c1-4-5-14-29-23(32)18-8-6-7-9-19(18)30-24(29)27-28-25(30)35-16-22(31)26-13-12-17-10-11-20(33-2)21(15-17)34-3/h6-11,15H,4-5,12-14,16H2,1-3H3,(H,26,31). The van der Waals surface area contributed by atoms with E-state index < -0.39 is 0 Å². The van der Waals surface area contributed by atoms with Crippen LogP contribution in [-0.4, -0.2) is 51.6 Å². The molecule has 184 valence electrons. The van der Waals surface area contributed by atoms with Crippen LogP contribution in [0.2, 0.25) is 0 Å². The van der Waals surface area contributed by atoms with Crippen LogP contribution in [0.25, 0.3) is 16.7 Å². The van der Waals surface area contributed by atoms with Gasteiger partial charge < -0.3 is 14.8 Å². The van der Waals surface area contributed by atoms with Gasteiger partial charge in [-0.3, -0.25) is 18.6 Å². The van der Waals surface area contributed by atoms with Crippen LogP contribution >= 0.6 is 11.8 Å². The summed E-state index contributed by atoms with van der Waals surface area (Å²) < 4.78 is 14.1. The van der Waals surface area contributed by atoms with Gasteiger partial charge in [-0.1, -0.05) is 43.3 Å². The lowest BCUT2D eigenvalue weighted by molar-refractivity contribution is -0.118. The van der Waals surface area contributed by atoms with E-state index in [1.807, 2.05) is 46.9 Å². The molecule has 0 fully saturated rings. The number of nitrogens with one attached hydrogen (secondary N) is 1. The molecule has 2 heterocycles. The molecule has 0 aliphatic carbocycles. The number of benzene rings is 2. The summed E-state index contributed by atoms with van der Waals surface area (Å²) in [6.45, 7) is 3.15. The molecule has 0 radical (unpaired) electrons. The number of hydrogen-bond acceptors (Lipinski definition) is 7. The molecule has 0 aliphatic heterocycles. The zero-order valence-electron chi connectivity index (χ0n) is 20.1. The maximum Gasteiger partial charge on any atom is 0.262 e. The molecule has 35 heavy (non-hydrogen) atoms.